The van der Waals surface area contributed by atoms with Crippen LogP contribution in [0.2, 0.25) is 5.02 Å². The number of anilines is 2. The van der Waals surface area contributed by atoms with Gasteiger partial charge in [-0.2, -0.15) is 5.10 Å². The molecule has 96 valence electrons. The number of benzene rings is 2. The Hall–Kier alpha value is -1.52. The maximum absolute atomic E-state index is 6.06. The molecule has 19 heavy (non-hydrogen) atoms. The minimum Gasteiger partial charge on any atom is -0.338 e. The number of aryl methyl sites for hydroxylation is 1. The lowest BCUT2D eigenvalue weighted by Gasteiger charge is -2.03. The minimum atomic E-state index is 0.706. The topological polar surface area (TPSA) is 29.9 Å². The highest BCUT2D eigenvalue weighted by Gasteiger charge is 2.09. The van der Waals surface area contributed by atoms with Gasteiger partial charge >= 0.3 is 0 Å². The summed E-state index contributed by atoms with van der Waals surface area (Å²) in [5.74, 6) is 0.804. The molecule has 0 amide bonds. The monoisotopic (exact) mass is 335 g/mol. The number of halogens is 2. The van der Waals surface area contributed by atoms with Gasteiger partial charge in [0.25, 0.3) is 0 Å². The predicted molar refractivity (Wildman–Crippen MR) is 83.1 cm³/mol. The molecule has 2 aromatic carbocycles. The Bertz CT molecular complexity index is 752. The first kappa shape index (κ1) is 12.5. The number of fused-ring (bicyclic) bond motifs is 1. The Morgan fingerprint density at radius 1 is 1.21 bits per heavy atom. The molecule has 0 unspecified atom stereocenters. The summed E-state index contributed by atoms with van der Waals surface area (Å²) >= 11 is 9.51. The molecule has 1 aromatic heterocycles. The van der Waals surface area contributed by atoms with Crippen LogP contribution in [0.5, 0.6) is 0 Å². The normalized spacial score (nSPS) is 10.9. The Morgan fingerprint density at radius 3 is 2.84 bits per heavy atom. The van der Waals surface area contributed by atoms with Crippen molar-refractivity contribution in [3.05, 3.63) is 52.0 Å². The van der Waals surface area contributed by atoms with Crippen molar-refractivity contribution in [2.24, 2.45) is 7.05 Å². The lowest BCUT2D eigenvalue weighted by molar-refractivity contribution is 0.801. The molecular weight excluding hydrogens is 326 g/mol. The van der Waals surface area contributed by atoms with Gasteiger partial charge < -0.3 is 5.32 Å². The van der Waals surface area contributed by atoms with E-state index in [1.165, 1.54) is 0 Å². The van der Waals surface area contributed by atoms with Gasteiger partial charge in [-0.3, -0.25) is 4.68 Å². The van der Waals surface area contributed by atoms with Crippen molar-refractivity contribution < 1.29 is 0 Å². The lowest BCUT2D eigenvalue weighted by Crippen LogP contribution is -1.93. The van der Waals surface area contributed by atoms with Gasteiger partial charge in [0.1, 0.15) is 0 Å². The number of hydrogen-bond acceptors (Lipinski definition) is 2. The summed E-state index contributed by atoms with van der Waals surface area (Å²) in [5, 5.41) is 9.52. The molecule has 0 aliphatic carbocycles. The fourth-order valence-electron chi connectivity index (χ4n) is 2.03. The molecule has 3 rings (SSSR count). The zero-order valence-corrected chi connectivity index (χ0v) is 12.5. The molecule has 0 atom stereocenters. The van der Waals surface area contributed by atoms with E-state index in [1.807, 2.05) is 54.2 Å². The van der Waals surface area contributed by atoms with Crippen LogP contribution < -0.4 is 5.32 Å². The third-order valence-corrected chi connectivity index (χ3v) is 3.63. The average molecular weight is 337 g/mol. The van der Waals surface area contributed by atoms with Gasteiger partial charge in [0, 0.05) is 27.6 Å². The van der Waals surface area contributed by atoms with E-state index < -0.39 is 0 Å². The molecule has 3 aromatic rings. The number of nitrogens with one attached hydrogen (secondary N) is 1. The second kappa shape index (κ2) is 4.87. The molecule has 0 spiro atoms. The Morgan fingerprint density at radius 2 is 2.05 bits per heavy atom. The highest BCUT2D eigenvalue weighted by Crippen LogP contribution is 2.28. The zero-order chi connectivity index (χ0) is 13.4. The molecule has 0 aliphatic rings. The summed E-state index contributed by atoms with van der Waals surface area (Å²) in [4.78, 5) is 0. The smallest absolute Gasteiger partial charge is 0.160 e. The van der Waals surface area contributed by atoms with Gasteiger partial charge in [0.2, 0.25) is 0 Å². The second-order valence-electron chi connectivity index (χ2n) is 4.27. The average Bonchev–Trinajstić information content (AvgIpc) is 2.66. The molecule has 0 radical (unpaired) electrons. The number of rotatable bonds is 2. The van der Waals surface area contributed by atoms with E-state index in [9.17, 15) is 0 Å². The van der Waals surface area contributed by atoms with E-state index in [0.29, 0.717) is 5.02 Å². The van der Waals surface area contributed by atoms with Gasteiger partial charge in [0.15, 0.2) is 5.82 Å². The molecule has 1 N–H and O–H groups in total. The SMILES string of the molecule is Cn1nc(Nc2cccc(Br)c2)c2cc(Cl)ccc21. The fourth-order valence-corrected chi connectivity index (χ4v) is 2.60. The molecule has 5 heteroatoms. The van der Waals surface area contributed by atoms with Gasteiger partial charge in [-0.05, 0) is 36.4 Å². The van der Waals surface area contributed by atoms with E-state index in [0.717, 1.165) is 26.9 Å². The van der Waals surface area contributed by atoms with E-state index in [-0.39, 0.29) is 0 Å². The lowest BCUT2D eigenvalue weighted by atomic mass is 10.2. The van der Waals surface area contributed by atoms with Gasteiger partial charge in [-0.15, -0.1) is 0 Å². The second-order valence-corrected chi connectivity index (χ2v) is 5.62. The summed E-state index contributed by atoms with van der Waals surface area (Å²) < 4.78 is 2.86. The van der Waals surface area contributed by atoms with Crippen molar-refractivity contribution in [2.75, 3.05) is 5.32 Å². The summed E-state index contributed by atoms with van der Waals surface area (Å²) in [6.07, 6.45) is 0. The zero-order valence-electron chi connectivity index (χ0n) is 10.2. The molecule has 0 saturated heterocycles. The largest absolute Gasteiger partial charge is 0.338 e. The highest BCUT2D eigenvalue weighted by atomic mass is 79.9. The summed E-state index contributed by atoms with van der Waals surface area (Å²) in [7, 11) is 1.92. The summed E-state index contributed by atoms with van der Waals surface area (Å²) in [6.45, 7) is 0. The van der Waals surface area contributed by atoms with E-state index in [2.05, 4.69) is 26.3 Å². The van der Waals surface area contributed by atoms with Crippen LogP contribution >= 0.6 is 27.5 Å². The van der Waals surface area contributed by atoms with Crippen molar-refractivity contribution in [3.63, 3.8) is 0 Å². The van der Waals surface area contributed by atoms with Crippen LogP contribution in [0.15, 0.2) is 46.9 Å². The van der Waals surface area contributed by atoms with Gasteiger partial charge in [-0.1, -0.05) is 33.6 Å². The van der Waals surface area contributed by atoms with Crippen LogP contribution in [0.25, 0.3) is 10.9 Å². The van der Waals surface area contributed by atoms with E-state index in [1.54, 1.807) is 0 Å². The van der Waals surface area contributed by atoms with Crippen LogP contribution in [0, 0.1) is 0 Å². The summed E-state index contributed by atoms with van der Waals surface area (Å²) in [6, 6.07) is 13.7. The molecule has 0 aliphatic heterocycles. The Labute approximate surface area is 124 Å². The summed E-state index contributed by atoms with van der Waals surface area (Å²) in [5.41, 5.74) is 2.02. The predicted octanol–water partition coefficient (Wildman–Crippen LogP) is 4.73. The van der Waals surface area contributed by atoms with Gasteiger partial charge in [0.05, 0.1) is 5.52 Å². The number of hydrogen-bond donors (Lipinski definition) is 1. The highest BCUT2D eigenvalue weighted by molar-refractivity contribution is 9.10. The molecule has 0 saturated carbocycles. The van der Waals surface area contributed by atoms with Crippen LogP contribution in [0.4, 0.5) is 11.5 Å². The molecule has 0 fully saturated rings. The third kappa shape index (κ3) is 2.46. The third-order valence-electron chi connectivity index (χ3n) is 2.90. The first-order chi connectivity index (χ1) is 9.13. The van der Waals surface area contributed by atoms with Crippen molar-refractivity contribution in [2.45, 2.75) is 0 Å². The van der Waals surface area contributed by atoms with Crippen LogP contribution in [0.1, 0.15) is 0 Å². The number of nitrogens with zero attached hydrogens (tertiary/aromatic N) is 2. The molecule has 0 bridgehead atoms. The first-order valence-corrected chi connectivity index (χ1v) is 6.95. The van der Waals surface area contributed by atoms with Crippen molar-refractivity contribution >= 4 is 49.9 Å². The van der Waals surface area contributed by atoms with Gasteiger partial charge in [-0.25, -0.2) is 0 Å². The maximum atomic E-state index is 6.06. The maximum Gasteiger partial charge on any atom is 0.160 e. The van der Waals surface area contributed by atoms with Crippen molar-refractivity contribution in [1.82, 2.24) is 9.78 Å². The minimum absolute atomic E-state index is 0.706. The Balaban J connectivity index is 2.08. The quantitative estimate of drug-likeness (QED) is 0.733. The molecule has 1 heterocycles. The van der Waals surface area contributed by atoms with Crippen LogP contribution in [-0.2, 0) is 7.05 Å². The molecule has 3 nitrogen and oxygen atoms in total. The number of aromatic nitrogens is 2. The van der Waals surface area contributed by atoms with Crippen LogP contribution in [0.3, 0.4) is 0 Å². The Kier molecular flexibility index (Phi) is 3.21. The van der Waals surface area contributed by atoms with Crippen molar-refractivity contribution in [1.29, 1.82) is 0 Å². The fraction of sp³-hybridized carbons (Fsp3) is 0.0714. The molecular formula is C14H11BrClN3. The first-order valence-electron chi connectivity index (χ1n) is 5.78. The van der Waals surface area contributed by atoms with Crippen molar-refractivity contribution in [3.8, 4) is 0 Å². The van der Waals surface area contributed by atoms with E-state index >= 15 is 0 Å². The van der Waals surface area contributed by atoms with E-state index in [4.69, 9.17) is 11.6 Å². The standard InChI is InChI=1S/C14H11BrClN3/c1-19-13-6-5-10(16)8-12(13)14(18-19)17-11-4-2-3-9(15)7-11/h2-8H,1H3,(H,17,18). The van der Waals surface area contributed by atoms with Crippen LogP contribution in [-0.4, -0.2) is 9.78 Å².